The van der Waals surface area contributed by atoms with Crippen LogP contribution in [-0.4, -0.2) is 27.7 Å². The second kappa shape index (κ2) is 5.97. The zero-order valence-electron chi connectivity index (χ0n) is 10.4. The minimum absolute atomic E-state index is 0.0437. The van der Waals surface area contributed by atoms with Crippen LogP contribution in [0, 0.1) is 6.92 Å². The summed E-state index contributed by atoms with van der Waals surface area (Å²) in [7, 11) is -3.59. The van der Waals surface area contributed by atoms with Crippen molar-refractivity contribution in [2.24, 2.45) is 0 Å². The van der Waals surface area contributed by atoms with Gasteiger partial charge in [0.15, 0.2) is 0 Å². The lowest BCUT2D eigenvalue weighted by Gasteiger charge is -2.13. The number of aryl methyl sites for hydroxylation is 1. The summed E-state index contributed by atoms with van der Waals surface area (Å²) >= 11 is 11.7. The molecule has 19 heavy (non-hydrogen) atoms. The van der Waals surface area contributed by atoms with Crippen molar-refractivity contribution in [1.82, 2.24) is 4.72 Å². The van der Waals surface area contributed by atoms with Crippen molar-refractivity contribution < 1.29 is 13.2 Å². The molecule has 1 aromatic rings. The Bertz CT molecular complexity index is 569. The van der Waals surface area contributed by atoms with Gasteiger partial charge in [0.1, 0.15) is 0 Å². The number of nitrogens with one attached hydrogen (secondary N) is 1. The Morgan fingerprint density at radius 3 is 2.68 bits per heavy atom. The summed E-state index contributed by atoms with van der Waals surface area (Å²) in [6, 6.07) is 2.92. The van der Waals surface area contributed by atoms with E-state index in [1.807, 2.05) is 0 Å². The first-order valence-electron chi connectivity index (χ1n) is 5.97. The maximum Gasteiger partial charge on any atom is 0.240 e. The summed E-state index contributed by atoms with van der Waals surface area (Å²) in [6.07, 6.45) is 1.80. The third-order valence-corrected chi connectivity index (χ3v) is 5.32. The number of hydrogen-bond acceptors (Lipinski definition) is 3. The fraction of sp³-hybridized carbons (Fsp3) is 0.500. The fourth-order valence-corrected chi connectivity index (χ4v) is 3.77. The van der Waals surface area contributed by atoms with Crippen molar-refractivity contribution in [3.8, 4) is 0 Å². The highest BCUT2D eigenvalue weighted by Crippen LogP contribution is 2.28. The quantitative estimate of drug-likeness (QED) is 0.926. The molecule has 1 aliphatic heterocycles. The van der Waals surface area contributed by atoms with Crippen LogP contribution in [0.3, 0.4) is 0 Å². The summed E-state index contributed by atoms with van der Waals surface area (Å²) in [5, 5.41) is 0.571. The Kier molecular flexibility index (Phi) is 4.74. The molecule has 0 spiro atoms. The number of ether oxygens (including phenoxy) is 1. The average Bonchev–Trinajstić information content (AvgIpc) is 2.84. The number of halogens is 2. The normalized spacial score (nSPS) is 19.8. The highest BCUT2D eigenvalue weighted by Gasteiger charge is 2.22. The highest BCUT2D eigenvalue weighted by molar-refractivity contribution is 7.89. The van der Waals surface area contributed by atoms with Crippen molar-refractivity contribution in [3.63, 3.8) is 0 Å². The number of hydrogen-bond donors (Lipinski definition) is 1. The Balaban J connectivity index is 2.16. The van der Waals surface area contributed by atoms with Gasteiger partial charge in [-0.15, -0.1) is 0 Å². The van der Waals surface area contributed by atoms with Crippen LogP contribution in [0.25, 0.3) is 0 Å². The van der Waals surface area contributed by atoms with Gasteiger partial charge < -0.3 is 4.74 Å². The van der Waals surface area contributed by atoms with Crippen LogP contribution in [0.4, 0.5) is 0 Å². The van der Waals surface area contributed by atoms with Gasteiger partial charge in [0, 0.05) is 13.2 Å². The molecular formula is C12H15Cl2NO3S. The van der Waals surface area contributed by atoms with Crippen molar-refractivity contribution in [1.29, 1.82) is 0 Å². The van der Waals surface area contributed by atoms with Gasteiger partial charge in [-0.3, -0.25) is 0 Å². The lowest BCUT2D eigenvalue weighted by Crippen LogP contribution is -2.32. The minimum Gasteiger partial charge on any atom is -0.377 e. The van der Waals surface area contributed by atoms with E-state index in [0.29, 0.717) is 17.2 Å². The maximum atomic E-state index is 12.2. The molecule has 1 saturated heterocycles. The van der Waals surface area contributed by atoms with E-state index in [1.165, 1.54) is 6.07 Å². The molecule has 0 amide bonds. The molecule has 0 radical (unpaired) electrons. The minimum atomic E-state index is -3.59. The standard InChI is InChI=1S/C12H15Cl2NO3S/c1-8-5-10(13)11(14)6-12(8)19(16,17)15-7-9-3-2-4-18-9/h5-6,9,15H,2-4,7H2,1H3. The fourth-order valence-electron chi connectivity index (χ4n) is 2.00. The van der Waals surface area contributed by atoms with Gasteiger partial charge in [0.05, 0.1) is 21.0 Å². The summed E-state index contributed by atoms with van der Waals surface area (Å²) < 4.78 is 32.3. The molecule has 2 rings (SSSR count). The zero-order valence-corrected chi connectivity index (χ0v) is 12.8. The monoisotopic (exact) mass is 323 g/mol. The SMILES string of the molecule is Cc1cc(Cl)c(Cl)cc1S(=O)(=O)NCC1CCCO1. The number of sulfonamides is 1. The predicted octanol–water partition coefficient (Wildman–Crippen LogP) is 2.76. The van der Waals surface area contributed by atoms with Gasteiger partial charge in [-0.2, -0.15) is 0 Å². The molecule has 1 atom stereocenters. The van der Waals surface area contributed by atoms with Crippen LogP contribution in [0.1, 0.15) is 18.4 Å². The van der Waals surface area contributed by atoms with Gasteiger partial charge in [0.25, 0.3) is 0 Å². The molecule has 1 aromatic carbocycles. The van der Waals surface area contributed by atoms with Crippen molar-refractivity contribution >= 4 is 33.2 Å². The Morgan fingerprint density at radius 1 is 1.37 bits per heavy atom. The van der Waals surface area contributed by atoms with E-state index < -0.39 is 10.0 Å². The smallest absolute Gasteiger partial charge is 0.240 e. The van der Waals surface area contributed by atoms with Gasteiger partial charge in [-0.05, 0) is 37.5 Å². The topological polar surface area (TPSA) is 55.4 Å². The predicted molar refractivity (Wildman–Crippen MR) is 75.4 cm³/mol. The molecule has 0 aliphatic carbocycles. The van der Waals surface area contributed by atoms with Crippen molar-refractivity contribution in [3.05, 3.63) is 27.7 Å². The summed E-state index contributed by atoms with van der Waals surface area (Å²) in [6.45, 7) is 2.66. The molecule has 1 N–H and O–H groups in total. The van der Waals surface area contributed by atoms with Crippen molar-refractivity contribution in [2.45, 2.75) is 30.8 Å². The molecule has 1 fully saturated rings. The maximum absolute atomic E-state index is 12.2. The van der Waals surface area contributed by atoms with Crippen LogP contribution < -0.4 is 4.72 Å². The van der Waals surface area contributed by atoms with Gasteiger partial charge >= 0.3 is 0 Å². The van der Waals surface area contributed by atoms with Gasteiger partial charge in [0.2, 0.25) is 10.0 Å². The van der Waals surface area contributed by atoms with E-state index in [-0.39, 0.29) is 22.6 Å². The van der Waals surface area contributed by atoms with Crippen LogP contribution in [0.2, 0.25) is 10.0 Å². The van der Waals surface area contributed by atoms with Crippen LogP contribution in [0.15, 0.2) is 17.0 Å². The molecule has 1 unspecified atom stereocenters. The molecule has 0 saturated carbocycles. The molecule has 0 bridgehead atoms. The Morgan fingerprint density at radius 2 is 2.05 bits per heavy atom. The lowest BCUT2D eigenvalue weighted by molar-refractivity contribution is 0.114. The van der Waals surface area contributed by atoms with E-state index in [1.54, 1.807) is 13.0 Å². The van der Waals surface area contributed by atoms with Crippen molar-refractivity contribution in [2.75, 3.05) is 13.2 Å². The third-order valence-electron chi connectivity index (χ3n) is 3.03. The largest absolute Gasteiger partial charge is 0.377 e. The third kappa shape index (κ3) is 3.61. The van der Waals surface area contributed by atoms with E-state index in [0.717, 1.165) is 12.8 Å². The molecular weight excluding hydrogens is 309 g/mol. The van der Waals surface area contributed by atoms with Crippen LogP contribution in [0.5, 0.6) is 0 Å². The van der Waals surface area contributed by atoms with Gasteiger partial charge in [-0.1, -0.05) is 23.2 Å². The molecule has 0 aromatic heterocycles. The Hall–Kier alpha value is -0.330. The van der Waals surface area contributed by atoms with E-state index >= 15 is 0 Å². The summed E-state index contributed by atoms with van der Waals surface area (Å²) in [5.74, 6) is 0. The number of rotatable bonds is 4. The lowest BCUT2D eigenvalue weighted by atomic mass is 10.2. The molecule has 1 aliphatic rings. The first-order valence-corrected chi connectivity index (χ1v) is 8.21. The average molecular weight is 324 g/mol. The first-order chi connectivity index (χ1) is 8.90. The van der Waals surface area contributed by atoms with Crippen LogP contribution in [-0.2, 0) is 14.8 Å². The van der Waals surface area contributed by atoms with Gasteiger partial charge in [-0.25, -0.2) is 13.1 Å². The molecule has 106 valence electrons. The Labute approximate surface area is 123 Å². The molecule has 7 heteroatoms. The summed E-state index contributed by atoms with van der Waals surface area (Å²) in [4.78, 5) is 0.153. The van der Waals surface area contributed by atoms with E-state index in [4.69, 9.17) is 27.9 Å². The summed E-state index contributed by atoms with van der Waals surface area (Å²) in [5.41, 5.74) is 0.564. The second-order valence-electron chi connectivity index (χ2n) is 4.52. The van der Waals surface area contributed by atoms with E-state index in [9.17, 15) is 8.42 Å². The second-order valence-corrected chi connectivity index (χ2v) is 7.07. The highest BCUT2D eigenvalue weighted by atomic mass is 35.5. The first kappa shape index (κ1) is 15.1. The molecule has 4 nitrogen and oxygen atoms in total. The molecule has 1 heterocycles. The number of benzene rings is 1. The van der Waals surface area contributed by atoms with Crippen LogP contribution >= 0.6 is 23.2 Å². The zero-order chi connectivity index (χ0) is 14.0. The van der Waals surface area contributed by atoms with E-state index in [2.05, 4.69) is 4.72 Å².